The summed E-state index contributed by atoms with van der Waals surface area (Å²) in [7, 11) is 0. The van der Waals surface area contributed by atoms with Crippen LogP contribution in [-0.2, 0) is 0 Å². The molecule has 5 nitrogen and oxygen atoms in total. The van der Waals surface area contributed by atoms with Gasteiger partial charge in [-0.1, -0.05) is 158 Å². The van der Waals surface area contributed by atoms with E-state index >= 15 is 0 Å². The van der Waals surface area contributed by atoms with Crippen molar-refractivity contribution < 1.29 is 4.74 Å². The summed E-state index contributed by atoms with van der Waals surface area (Å²) >= 11 is 0. The van der Waals surface area contributed by atoms with Gasteiger partial charge in [0.25, 0.3) is 0 Å². The molecule has 0 saturated carbocycles. The predicted octanol–water partition coefficient (Wildman–Crippen LogP) is 14.2. The normalized spacial score (nSPS) is 11.8. The molecule has 0 amide bonds. The van der Waals surface area contributed by atoms with Gasteiger partial charge in [-0.2, -0.15) is 0 Å². The second-order valence-corrected chi connectivity index (χ2v) is 15.2. The van der Waals surface area contributed by atoms with Crippen LogP contribution in [0.1, 0.15) is 0 Å². The Labute approximate surface area is 346 Å². The van der Waals surface area contributed by atoms with Crippen molar-refractivity contribution in [2.75, 3.05) is 0 Å². The lowest BCUT2D eigenvalue weighted by molar-refractivity contribution is 0.487. The molecule has 0 spiro atoms. The van der Waals surface area contributed by atoms with E-state index in [1.807, 2.05) is 36.4 Å². The van der Waals surface area contributed by atoms with Crippen LogP contribution < -0.4 is 4.74 Å². The third kappa shape index (κ3) is 5.59. The fourth-order valence-corrected chi connectivity index (χ4v) is 8.82. The summed E-state index contributed by atoms with van der Waals surface area (Å²) in [5.74, 6) is 3.47. The molecule has 0 bridgehead atoms. The Bertz CT molecular complexity index is 3450. The van der Waals surface area contributed by atoms with E-state index in [0.29, 0.717) is 17.5 Å². The summed E-state index contributed by atoms with van der Waals surface area (Å²) in [5, 5.41) is 4.48. The van der Waals surface area contributed by atoms with Gasteiger partial charge in [-0.25, -0.2) is 15.0 Å². The highest BCUT2D eigenvalue weighted by Gasteiger charge is 2.25. The topological polar surface area (TPSA) is 52.8 Å². The molecule has 3 heterocycles. The Morgan fingerprint density at radius 2 is 0.900 bits per heavy atom. The van der Waals surface area contributed by atoms with Crippen LogP contribution in [0.3, 0.4) is 0 Å². The molecule has 0 fully saturated rings. The van der Waals surface area contributed by atoms with Gasteiger partial charge < -0.3 is 9.30 Å². The lowest BCUT2D eigenvalue weighted by atomic mass is 9.92. The standard InChI is InChI=1S/C55H34N4O/c1-4-14-35(15-5-1)38-20-12-21-40(32-38)54-56-53(37-18-8-3-9-19-37)57-55(58-54)46-29-31-51-52-44(46)23-13-24-45(52)47-34-41(27-30-50(47)60-51)59-48-25-11-10-22-42(48)43-28-26-39(33-49(43)59)36-16-6-2-7-17-36/h1-34H. The predicted molar refractivity (Wildman–Crippen MR) is 244 cm³/mol. The van der Waals surface area contributed by atoms with Crippen LogP contribution in [0.25, 0.3) is 106 Å². The Hall–Kier alpha value is -8.15. The Morgan fingerprint density at radius 3 is 1.68 bits per heavy atom. The first-order valence-corrected chi connectivity index (χ1v) is 20.2. The largest absolute Gasteiger partial charge is 0.456 e. The van der Waals surface area contributed by atoms with Gasteiger partial charge in [0, 0.05) is 44.1 Å². The van der Waals surface area contributed by atoms with Gasteiger partial charge in [-0.05, 0) is 81.7 Å². The van der Waals surface area contributed by atoms with Gasteiger partial charge in [-0.15, -0.1) is 0 Å². The number of ether oxygens (including phenoxy) is 1. The molecule has 0 unspecified atom stereocenters. The maximum absolute atomic E-state index is 6.74. The highest BCUT2D eigenvalue weighted by molar-refractivity contribution is 6.12. The van der Waals surface area contributed by atoms with Crippen LogP contribution in [0.2, 0.25) is 0 Å². The zero-order valence-corrected chi connectivity index (χ0v) is 32.3. The number of hydrogen-bond acceptors (Lipinski definition) is 4. The van der Waals surface area contributed by atoms with E-state index in [1.165, 1.54) is 21.9 Å². The second kappa shape index (κ2) is 13.8. The van der Waals surface area contributed by atoms with Crippen LogP contribution in [0.5, 0.6) is 11.5 Å². The third-order valence-corrected chi connectivity index (χ3v) is 11.7. The fourth-order valence-electron chi connectivity index (χ4n) is 8.82. The zero-order valence-electron chi connectivity index (χ0n) is 32.3. The Kier molecular flexibility index (Phi) is 7.78. The van der Waals surface area contributed by atoms with Crippen molar-refractivity contribution in [2.24, 2.45) is 0 Å². The number of fused-ring (bicyclic) bond motifs is 5. The summed E-state index contributed by atoms with van der Waals surface area (Å²) < 4.78 is 9.13. The summed E-state index contributed by atoms with van der Waals surface area (Å²) in [6, 6.07) is 72.1. The molecule has 1 aliphatic heterocycles. The number of aromatic nitrogens is 4. The van der Waals surface area contributed by atoms with Gasteiger partial charge in [0.05, 0.1) is 11.0 Å². The molecule has 0 aliphatic carbocycles. The maximum atomic E-state index is 6.74. The molecular formula is C55H34N4O. The molecule has 0 atom stereocenters. The molecule has 60 heavy (non-hydrogen) atoms. The van der Waals surface area contributed by atoms with Crippen molar-refractivity contribution in [3.63, 3.8) is 0 Å². The first-order valence-electron chi connectivity index (χ1n) is 20.2. The molecule has 0 radical (unpaired) electrons. The van der Waals surface area contributed by atoms with Crippen molar-refractivity contribution in [3.8, 4) is 84.7 Å². The molecule has 9 aromatic carbocycles. The first-order chi connectivity index (χ1) is 29.7. The number of hydrogen-bond donors (Lipinski definition) is 0. The molecule has 5 heteroatoms. The molecule has 2 aromatic heterocycles. The maximum Gasteiger partial charge on any atom is 0.164 e. The first kappa shape index (κ1) is 33.9. The fraction of sp³-hybridized carbons (Fsp3) is 0. The molecule has 0 saturated heterocycles. The summed E-state index contributed by atoms with van der Waals surface area (Å²) in [4.78, 5) is 15.4. The van der Waals surface area contributed by atoms with E-state index in [-0.39, 0.29) is 0 Å². The molecule has 1 aliphatic rings. The SMILES string of the molecule is c1ccc(-c2cccc(-c3nc(-c4ccccc4)nc(-c4ccc5c6c(cccc46)-c4cc(-n6c7ccccc7c7ccc(-c8ccccc8)cc76)ccc4O5)n3)c2)cc1. The molecule has 280 valence electrons. The van der Waals surface area contributed by atoms with Crippen molar-refractivity contribution in [3.05, 3.63) is 206 Å². The zero-order chi connectivity index (χ0) is 39.6. The highest BCUT2D eigenvalue weighted by Crippen LogP contribution is 2.49. The minimum atomic E-state index is 0.603. The van der Waals surface area contributed by atoms with Crippen LogP contribution in [0.15, 0.2) is 206 Å². The number of benzene rings is 9. The van der Waals surface area contributed by atoms with E-state index < -0.39 is 0 Å². The Balaban J connectivity index is 1.02. The van der Waals surface area contributed by atoms with E-state index in [4.69, 9.17) is 19.7 Å². The van der Waals surface area contributed by atoms with Crippen molar-refractivity contribution in [1.29, 1.82) is 0 Å². The van der Waals surface area contributed by atoms with Crippen molar-refractivity contribution >= 4 is 32.6 Å². The van der Waals surface area contributed by atoms with Crippen molar-refractivity contribution in [1.82, 2.24) is 19.5 Å². The molecule has 11 aromatic rings. The minimum absolute atomic E-state index is 0.603. The van der Waals surface area contributed by atoms with Crippen LogP contribution in [0, 0.1) is 0 Å². The Morgan fingerprint density at radius 1 is 0.317 bits per heavy atom. The van der Waals surface area contributed by atoms with Crippen LogP contribution in [-0.4, -0.2) is 19.5 Å². The average Bonchev–Trinajstić information content (AvgIpc) is 3.66. The lowest BCUT2D eigenvalue weighted by Crippen LogP contribution is -2.03. The van der Waals surface area contributed by atoms with E-state index in [9.17, 15) is 0 Å². The van der Waals surface area contributed by atoms with E-state index in [1.54, 1.807) is 0 Å². The van der Waals surface area contributed by atoms with Gasteiger partial charge in [0.15, 0.2) is 17.5 Å². The molecular weight excluding hydrogens is 733 g/mol. The monoisotopic (exact) mass is 766 g/mol. The van der Waals surface area contributed by atoms with E-state index in [2.05, 4.69) is 174 Å². The van der Waals surface area contributed by atoms with Gasteiger partial charge in [0.1, 0.15) is 11.5 Å². The van der Waals surface area contributed by atoms with E-state index in [0.717, 1.165) is 77.9 Å². The van der Waals surface area contributed by atoms with Gasteiger partial charge in [-0.3, -0.25) is 0 Å². The summed E-state index contributed by atoms with van der Waals surface area (Å²) in [6.07, 6.45) is 0. The number of nitrogens with zero attached hydrogens (tertiary/aromatic N) is 4. The third-order valence-electron chi connectivity index (χ3n) is 11.7. The van der Waals surface area contributed by atoms with Crippen LogP contribution >= 0.6 is 0 Å². The summed E-state index contributed by atoms with van der Waals surface area (Å²) in [5.41, 5.74) is 12.9. The lowest BCUT2D eigenvalue weighted by Gasteiger charge is -2.23. The quantitative estimate of drug-likeness (QED) is 0.169. The highest BCUT2D eigenvalue weighted by atomic mass is 16.5. The molecule has 12 rings (SSSR count). The molecule has 0 N–H and O–H groups in total. The van der Waals surface area contributed by atoms with Gasteiger partial charge >= 0.3 is 0 Å². The number of rotatable bonds is 6. The van der Waals surface area contributed by atoms with Crippen molar-refractivity contribution in [2.45, 2.75) is 0 Å². The average molecular weight is 767 g/mol. The minimum Gasteiger partial charge on any atom is -0.456 e. The number of para-hydroxylation sites is 1. The van der Waals surface area contributed by atoms with Gasteiger partial charge in [0.2, 0.25) is 0 Å². The smallest absolute Gasteiger partial charge is 0.164 e. The van der Waals surface area contributed by atoms with Crippen LogP contribution in [0.4, 0.5) is 0 Å². The second-order valence-electron chi connectivity index (χ2n) is 15.2. The summed E-state index contributed by atoms with van der Waals surface area (Å²) in [6.45, 7) is 0.